The first-order chi connectivity index (χ1) is 16.0. The molecule has 12 heteroatoms. The summed E-state index contributed by atoms with van der Waals surface area (Å²) >= 11 is 0. The van der Waals surface area contributed by atoms with Gasteiger partial charge in [0.15, 0.2) is 11.6 Å². The van der Waals surface area contributed by atoms with Gasteiger partial charge in [0, 0.05) is 70.6 Å². The van der Waals surface area contributed by atoms with Gasteiger partial charge in [-0.1, -0.05) is 0 Å². The molecule has 0 atom stereocenters. The quantitative estimate of drug-likeness (QED) is 0.425. The minimum Gasteiger partial charge on any atom is -0.382 e. The van der Waals surface area contributed by atoms with Gasteiger partial charge in [-0.2, -0.15) is 5.10 Å². The first-order valence-corrected chi connectivity index (χ1v) is 10.8. The monoisotopic (exact) mass is 450 g/mol. The second-order valence-corrected chi connectivity index (χ2v) is 7.98. The van der Waals surface area contributed by atoms with E-state index in [9.17, 15) is 4.79 Å². The highest BCUT2D eigenvalue weighted by Gasteiger charge is 2.25. The van der Waals surface area contributed by atoms with Crippen molar-refractivity contribution < 1.29 is 9.53 Å². The van der Waals surface area contributed by atoms with Crippen LogP contribution in [0.25, 0.3) is 28.4 Å². The predicted molar refractivity (Wildman–Crippen MR) is 121 cm³/mol. The number of carbonyl (C=O) groups excluding carboxylic acids is 1. The van der Waals surface area contributed by atoms with E-state index in [1.165, 1.54) is 0 Å². The lowest BCUT2D eigenvalue weighted by Crippen LogP contribution is -2.41. The van der Waals surface area contributed by atoms with Crippen LogP contribution in [-0.4, -0.2) is 84.1 Å². The molecule has 12 nitrogen and oxygen atoms in total. The lowest BCUT2D eigenvalue weighted by Gasteiger charge is -2.26. The van der Waals surface area contributed by atoms with Gasteiger partial charge in [-0.25, -0.2) is 14.5 Å². The summed E-state index contributed by atoms with van der Waals surface area (Å²) in [5.41, 5.74) is 8.49. The number of nitrogens with one attached hydrogen (secondary N) is 1. The normalized spacial score (nSPS) is 14.7. The van der Waals surface area contributed by atoms with Crippen molar-refractivity contribution >= 4 is 17.2 Å². The number of rotatable bonds is 6. The second kappa shape index (κ2) is 8.64. The molecule has 4 aromatic rings. The average Bonchev–Trinajstić information content (AvgIpc) is 3.52. The predicted octanol–water partition coefficient (Wildman–Crippen LogP) is 0.175. The molecule has 33 heavy (non-hydrogen) atoms. The maximum Gasteiger partial charge on any atom is 0.254 e. The average molecular weight is 451 g/mol. The number of anilines is 1. The number of amides is 1. The summed E-state index contributed by atoms with van der Waals surface area (Å²) in [7, 11) is 3.68. The van der Waals surface area contributed by atoms with E-state index in [1.807, 2.05) is 30.9 Å². The van der Waals surface area contributed by atoms with Crippen molar-refractivity contribution in [2.45, 2.75) is 0 Å². The number of hydrogen-bond acceptors (Lipinski definition) is 8. The highest BCUT2D eigenvalue weighted by Crippen LogP contribution is 2.30. The zero-order chi connectivity index (χ0) is 22.9. The fourth-order valence-corrected chi connectivity index (χ4v) is 4.01. The molecule has 1 fully saturated rings. The molecule has 0 bridgehead atoms. The van der Waals surface area contributed by atoms with Crippen LogP contribution in [0.4, 0.5) is 5.82 Å². The number of carbonyl (C=O) groups is 1. The van der Waals surface area contributed by atoms with Crippen LogP contribution in [-0.2, 0) is 18.8 Å². The summed E-state index contributed by atoms with van der Waals surface area (Å²) in [6, 6.07) is 1.85. The van der Waals surface area contributed by atoms with E-state index in [0.717, 1.165) is 19.6 Å². The number of aryl methyl sites for hydroxylation is 2. The second-order valence-electron chi connectivity index (χ2n) is 7.98. The van der Waals surface area contributed by atoms with Crippen LogP contribution in [0.1, 0.15) is 10.4 Å². The van der Waals surface area contributed by atoms with E-state index in [0.29, 0.717) is 53.7 Å². The maximum absolute atomic E-state index is 13.4. The third-order valence-electron chi connectivity index (χ3n) is 5.71. The number of nitrogen functional groups attached to an aromatic ring is 1. The number of morpholine rings is 1. The number of hydrogen-bond donors (Lipinski definition) is 2. The number of aromatic nitrogens is 7. The lowest BCUT2D eigenvalue weighted by molar-refractivity contribution is 0.0383. The Morgan fingerprint density at radius 3 is 2.73 bits per heavy atom. The Bertz CT molecular complexity index is 1300. The molecule has 1 saturated heterocycles. The zero-order valence-electron chi connectivity index (χ0n) is 18.6. The van der Waals surface area contributed by atoms with Crippen LogP contribution in [0, 0.1) is 0 Å². The molecular formula is C21H26N10O2. The van der Waals surface area contributed by atoms with Crippen LogP contribution in [0.3, 0.4) is 0 Å². The first kappa shape index (κ1) is 21.1. The number of imidazole rings is 1. The molecule has 5 heterocycles. The van der Waals surface area contributed by atoms with Crippen molar-refractivity contribution in [2.75, 3.05) is 45.1 Å². The molecule has 0 saturated carbocycles. The van der Waals surface area contributed by atoms with Crippen molar-refractivity contribution in [3.05, 3.63) is 36.4 Å². The van der Waals surface area contributed by atoms with E-state index in [4.69, 9.17) is 10.5 Å². The van der Waals surface area contributed by atoms with Crippen molar-refractivity contribution in [3.63, 3.8) is 0 Å². The molecule has 0 radical (unpaired) electrons. The summed E-state index contributed by atoms with van der Waals surface area (Å²) in [4.78, 5) is 24.4. The van der Waals surface area contributed by atoms with Crippen LogP contribution < -0.4 is 11.1 Å². The van der Waals surface area contributed by atoms with Gasteiger partial charge in [-0.05, 0) is 6.07 Å². The molecule has 0 unspecified atom stereocenters. The van der Waals surface area contributed by atoms with Gasteiger partial charge < -0.3 is 20.4 Å². The van der Waals surface area contributed by atoms with Gasteiger partial charge >= 0.3 is 0 Å². The lowest BCUT2D eigenvalue weighted by atomic mass is 10.1. The Morgan fingerprint density at radius 1 is 1.21 bits per heavy atom. The molecule has 172 valence electrons. The number of nitrogens with zero attached hydrogens (tertiary/aromatic N) is 8. The van der Waals surface area contributed by atoms with Crippen molar-refractivity contribution in [1.82, 2.24) is 44.1 Å². The maximum atomic E-state index is 13.4. The van der Waals surface area contributed by atoms with Crippen LogP contribution >= 0.6 is 0 Å². The number of ether oxygens (including phenoxy) is 1. The number of fused-ring (bicyclic) bond motifs is 1. The van der Waals surface area contributed by atoms with Gasteiger partial charge in [-0.15, -0.1) is 5.10 Å². The Kier molecular flexibility index (Phi) is 5.52. The Labute approximate surface area is 190 Å². The molecule has 0 aromatic carbocycles. The van der Waals surface area contributed by atoms with Crippen molar-refractivity contribution in [2.24, 2.45) is 14.1 Å². The topological polar surface area (TPSA) is 133 Å². The SMILES string of the molecule is Cn1ccc(-c2cn3nc(-c4nccn4C)nc(N)c3c2C(=O)NCCN2CCOCC2)n1. The number of nitrogens with two attached hydrogens (primary N) is 1. The summed E-state index contributed by atoms with van der Waals surface area (Å²) in [6.45, 7) is 4.41. The Hall–Kier alpha value is -3.77. The smallest absolute Gasteiger partial charge is 0.254 e. The van der Waals surface area contributed by atoms with E-state index >= 15 is 0 Å². The molecule has 0 aliphatic carbocycles. The van der Waals surface area contributed by atoms with Gasteiger partial charge in [-0.3, -0.25) is 14.4 Å². The van der Waals surface area contributed by atoms with E-state index < -0.39 is 0 Å². The van der Waals surface area contributed by atoms with Crippen molar-refractivity contribution in [1.29, 1.82) is 0 Å². The standard InChI is InChI=1S/C21H26N10O2/c1-28-7-4-23-20(28)19-25-18(22)17-16(21(32)24-5-8-30-9-11-33-12-10-30)14(13-31(17)27-19)15-3-6-29(2)26-15/h3-4,6-7,13H,5,8-12H2,1-2H3,(H,24,32)(H2,22,25,27). The van der Waals surface area contributed by atoms with Crippen molar-refractivity contribution in [3.8, 4) is 22.9 Å². The molecule has 0 spiro atoms. The third kappa shape index (κ3) is 4.05. The molecule has 4 aromatic heterocycles. The van der Waals surface area contributed by atoms with Gasteiger partial charge in [0.05, 0.1) is 24.5 Å². The Morgan fingerprint density at radius 2 is 2.03 bits per heavy atom. The molecule has 1 aliphatic rings. The largest absolute Gasteiger partial charge is 0.382 e. The summed E-state index contributed by atoms with van der Waals surface area (Å²) in [5.74, 6) is 0.900. The van der Waals surface area contributed by atoms with E-state index in [1.54, 1.807) is 27.8 Å². The fraction of sp³-hybridized carbons (Fsp3) is 0.381. The fourth-order valence-electron chi connectivity index (χ4n) is 4.01. The minimum atomic E-state index is -0.244. The minimum absolute atomic E-state index is 0.198. The van der Waals surface area contributed by atoms with Gasteiger partial charge in [0.25, 0.3) is 5.91 Å². The third-order valence-corrected chi connectivity index (χ3v) is 5.71. The van der Waals surface area contributed by atoms with Crippen LogP contribution in [0.15, 0.2) is 30.9 Å². The summed E-state index contributed by atoms with van der Waals surface area (Å²) in [5, 5.41) is 12.1. The van der Waals surface area contributed by atoms with Gasteiger partial charge in [0.1, 0.15) is 5.52 Å². The zero-order valence-corrected chi connectivity index (χ0v) is 18.6. The summed E-state index contributed by atoms with van der Waals surface area (Å²) < 4.78 is 10.5. The highest BCUT2D eigenvalue weighted by molar-refractivity contribution is 6.09. The molecule has 1 amide bonds. The highest BCUT2D eigenvalue weighted by atomic mass is 16.5. The van der Waals surface area contributed by atoms with E-state index in [2.05, 4.69) is 30.4 Å². The molecule has 1 aliphatic heterocycles. The Balaban J connectivity index is 1.52. The van der Waals surface area contributed by atoms with E-state index in [-0.39, 0.29) is 11.7 Å². The van der Waals surface area contributed by atoms with Crippen LogP contribution in [0.2, 0.25) is 0 Å². The van der Waals surface area contributed by atoms with Crippen LogP contribution in [0.5, 0.6) is 0 Å². The van der Waals surface area contributed by atoms with Gasteiger partial charge in [0.2, 0.25) is 5.82 Å². The molecule has 3 N–H and O–H groups in total. The molecule has 5 rings (SSSR count). The summed E-state index contributed by atoms with van der Waals surface area (Å²) in [6.07, 6.45) is 7.06. The first-order valence-electron chi connectivity index (χ1n) is 10.8. The molecular weight excluding hydrogens is 424 g/mol.